The maximum absolute atomic E-state index is 11.3. The van der Waals surface area contributed by atoms with Crippen molar-refractivity contribution in [2.45, 2.75) is 18.9 Å². The monoisotopic (exact) mass is 186 g/mol. The van der Waals surface area contributed by atoms with Gasteiger partial charge in [-0.1, -0.05) is 0 Å². The lowest BCUT2D eigenvalue weighted by Crippen LogP contribution is -2.52. The number of imide groups is 1. The van der Waals surface area contributed by atoms with Crippen LogP contribution in [0.4, 0.5) is 4.79 Å². The zero-order valence-electron chi connectivity index (χ0n) is 7.11. The van der Waals surface area contributed by atoms with Gasteiger partial charge in [-0.3, -0.25) is 14.5 Å². The van der Waals surface area contributed by atoms with Crippen LogP contribution in [0, 0.1) is 0 Å². The van der Waals surface area contributed by atoms with Crippen molar-refractivity contribution in [3.05, 3.63) is 0 Å². The number of nitrogens with one attached hydrogen (secondary N) is 1. The lowest BCUT2D eigenvalue weighted by Gasteiger charge is -2.27. The van der Waals surface area contributed by atoms with E-state index >= 15 is 0 Å². The molecule has 72 valence electrons. The highest BCUT2D eigenvalue weighted by molar-refractivity contribution is 6.00. The van der Waals surface area contributed by atoms with Crippen molar-refractivity contribution in [3.8, 4) is 0 Å². The number of carboxylic acid groups (broad SMARTS) is 1. The molecule has 3 amide bonds. The normalized spacial score (nSPS) is 23.2. The first-order chi connectivity index (χ1) is 6.02. The van der Waals surface area contributed by atoms with E-state index in [1.165, 1.54) is 7.05 Å². The fourth-order valence-electron chi connectivity index (χ4n) is 1.20. The molecule has 13 heavy (non-hydrogen) atoms. The highest BCUT2D eigenvalue weighted by Crippen LogP contribution is 2.10. The zero-order chi connectivity index (χ0) is 10.0. The van der Waals surface area contributed by atoms with Gasteiger partial charge in [-0.2, -0.15) is 0 Å². The van der Waals surface area contributed by atoms with Crippen molar-refractivity contribution in [1.29, 1.82) is 0 Å². The number of rotatable bonds is 1. The van der Waals surface area contributed by atoms with E-state index in [-0.39, 0.29) is 18.7 Å². The minimum Gasteiger partial charge on any atom is -0.465 e. The number of likely N-dealkylation sites (tertiary alicyclic amines) is 1. The summed E-state index contributed by atoms with van der Waals surface area (Å²) in [5, 5.41) is 10.4. The number of hydrogen-bond acceptors (Lipinski definition) is 3. The van der Waals surface area contributed by atoms with Crippen LogP contribution in [-0.4, -0.2) is 41.0 Å². The van der Waals surface area contributed by atoms with Gasteiger partial charge >= 0.3 is 6.09 Å². The third kappa shape index (κ3) is 1.95. The Morgan fingerprint density at radius 3 is 2.77 bits per heavy atom. The summed E-state index contributed by atoms with van der Waals surface area (Å²) in [6.45, 7) is 0. The molecule has 0 spiro atoms. The van der Waals surface area contributed by atoms with Crippen LogP contribution in [0.5, 0.6) is 0 Å². The Hall–Kier alpha value is -1.59. The number of nitrogens with zero attached hydrogens (tertiary/aromatic N) is 1. The number of likely N-dealkylation sites (N-methyl/N-ethyl adjacent to an activating group) is 1. The molecule has 1 fully saturated rings. The molecule has 6 nitrogen and oxygen atoms in total. The van der Waals surface area contributed by atoms with Crippen molar-refractivity contribution in [3.63, 3.8) is 0 Å². The van der Waals surface area contributed by atoms with Gasteiger partial charge in [0.15, 0.2) is 0 Å². The van der Waals surface area contributed by atoms with Gasteiger partial charge in [-0.05, 0) is 6.42 Å². The summed E-state index contributed by atoms with van der Waals surface area (Å²) < 4.78 is 0. The smallest absolute Gasteiger partial charge is 0.405 e. The summed E-state index contributed by atoms with van der Waals surface area (Å²) in [7, 11) is 1.35. The molecule has 0 aromatic heterocycles. The van der Waals surface area contributed by atoms with Crippen LogP contribution in [0.1, 0.15) is 12.8 Å². The average Bonchev–Trinajstić information content (AvgIpc) is 2.06. The Labute approximate surface area is 74.5 Å². The van der Waals surface area contributed by atoms with E-state index in [1.807, 2.05) is 0 Å². The molecule has 1 atom stereocenters. The fraction of sp³-hybridized carbons (Fsp3) is 0.571. The van der Waals surface area contributed by atoms with E-state index in [4.69, 9.17) is 5.11 Å². The summed E-state index contributed by atoms with van der Waals surface area (Å²) in [5.41, 5.74) is 0. The largest absolute Gasteiger partial charge is 0.465 e. The number of amides is 3. The van der Waals surface area contributed by atoms with Crippen LogP contribution >= 0.6 is 0 Å². The van der Waals surface area contributed by atoms with E-state index in [2.05, 4.69) is 5.32 Å². The standard InChI is InChI=1S/C7H10N2O4/c1-9-5(10)3-2-4(6(9)11)8-7(12)13/h4,8H,2-3H2,1H3,(H,12,13). The molecule has 1 saturated heterocycles. The Balaban J connectivity index is 2.64. The molecule has 0 bridgehead atoms. The second-order valence-electron chi connectivity index (χ2n) is 2.83. The predicted octanol–water partition coefficient (Wildman–Crippen LogP) is -0.599. The highest BCUT2D eigenvalue weighted by atomic mass is 16.4. The van der Waals surface area contributed by atoms with Gasteiger partial charge in [0.25, 0.3) is 5.91 Å². The molecule has 0 aromatic carbocycles. The second-order valence-corrected chi connectivity index (χ2v) is 2.83. The average molecular weight is 186 g/mol. The molecule has 1 unspecified atom stereocenters. The van der Waals surface area contributed by atoms with Gasteiger partial charge in [0, 0.05) is 13.5 Å². The molecule has 6 heteroatoms. The third-order valence-electron chi connectivity index (χ3n) is 1.95. The summed E-state index contributed by atoms with van der Waals surface area (Å²) >= 11 is 0. The molecule has 0 saturated carbocycles. The lowest BCUT2D eigenvalue weighted by molar-refractivity contribution is -0.147. The molecule has 0 aromatic rings. The van der Waals surface area contributed by atoms with Gasteiger partial charge in [-0.25, -0.2) is 4.79 Å². The van der Waals surface area contributed by atoms with Crippen molar-refractivity contribution < 1.29 is 19.5 Å². The van der Waals surface area contributed by atoms with Crippen LogP contribution < -0.4 is 5.32 Å². The fourth-order valence-corrected chi connectivity index (χ4v) is 1.20. The van der Waals surface area contributed by atoms with Gasteiger partial charge in [0.05, 0.1) is 0 Å². The van der Waals surface area contributed by atoms with Crippen LogP contribution in [0.15, 0.2) is 0 Å². The third-order valence-corrected chi connectivity index (χ3v) is 1.95. The van der Waals surface area contributed by atoms with Crippen LogP contribution in [0.25, 0.3) is 0 Å². The molecule has 2 N–H and O–H groups in total. The van der Waals surface area contributed by atoms with Gasteiger partial charge in [-0.15, -0.1) is 0 Å². The first kappa shape index (κ1) is 9.50. The maximum Gasteiger partial charge on any atom is 0.405 e. The Morgan fingerprint density at radius 1 is 1.62 bits per heavy atom. The molecule has 1 heterocycles. The van der Waals surface area contributed by atoms with Crippen LogP contribution in [0.3, 0.4) is 0 Å². The summed E-state index contributed by atoms with van der Waals surface area (Å²) in [5.74, 6) is -0.757. The first-order valence-electron chi connectivity index (χ1n) is 3.82. The van der Waals surface area contributed by atoms with Crippen molar-refractivity contribution in [1.82, 2.24) is 10.2 Å². The first-order valence-corrected chi connectivity index (χ1v) is 3.82. The van der Waals surface area contributed by atoms with E-state index in [9.17, 15) is 14.4 Å². The minimum atomic E-state index is -1.25. The lowest BCUT2D eigenvalue weighted by atomic mass is 10.1. The summed E-state index contributed by atoms with van der Waals surface area (Å²) in [4.78, 5) is 33.4. The van der Waals surface area contributed by atoms with Crippen molar-refractivity contribution >= 4 is 17.9 Å². The molecule has 1 rings (SSSR count). The number of hydrogen-bond donors (Lipinski definition) is 2. The van der Waals surface area contributed by atoms with Crippen LogP contribution in [-0.2, 0) is 9.59 Å². The van der Waals surface area contributed by atoms with Crippen molar-refractivity contribution in [2.24, 2.45) is 0 Å². The molecule has 1 aliphatic heterocycles. The molecular weight excluding hydrogens is 176 g/mol. The van der Waals surface area contributed by atoms with Crippen molar-refractivity contribution in [2.75, 3.05) is 7.05 Å². The van der Waals surface area contributed by atoms with Crippen LogP contribution in [0.2, 0.25) is 0 Å². The maximum atomic E-state index is 11.3. The molecule has 1 aliphatic rings. The van der Waals surface area contributed by atoms with Gasteiger partial charge in [0.2, 0.25) is 5.91 Å². The topological polar surface area (TPSA) is 86.7 Å². The highest BCUT2D eigenvalue weighted by Gasteiger charge is 2.32. The zero-order valence-corrected chi connectivity index (χ0v) is 7.11. The minimum absolute atomic E-state index is 0.202. The summed E-state index contributed by atoms with van der Waals surface area (Å²) in [6.07, 6.45) is -0.803. The number of piperidine rings is 1. The van der Waals surface area contributed by atoms with Gasteiger partial charge < -0.3 is 10.4 Å². The Bertz CT molecular complexity index is 263. The number of carbonyl (C=O) groups excluding carboxylic acids is 2. The quantitative estimate of drug-likeness (QED) is 0.535. The summed E-state index contributed by atoms with van der Waals surface area (Å²) in [6, 6.07) is -0.778. The number of carbonyl (C=O) groups is 3. The predicted molar refractivity (Wildman–Crippen MR) is 42.0 cm³/mol. The van der Waals surface area contributed by atoms with E-state index in [1.54, 1.807) is 0 Å². The van der Waals surface area contributed by atoms with E-state index < -0.39 is 18.0 Å². The Kier molecular flexibility index (Phi) is 2.50. The van der Waals surface area contributed by atoms with E-state index in [0.29, 0.717) is 0 Å². The second kappa shape index (κ2) is 3.42. The SMILES string of the molecule is CN1C(=O)CCC(NC(=O)O)C1=O. The van der Waals surface area contributed by atoms with E-state index in [0.717, 1.165) is 4.90 Å². The van der Waals surface area contributed by atoms with Gasteiger partial charge in [0.1, 0.15) is 6.04 Å². The molecule has 0 aliphatic carbocycles. The molecular formula is C7H10N2O4. The Morgan fingerprint density at radius 2 is 2.23 bits per heavy atom. The molecule has 0 radical (unpaired) electrons.